The number of nitrogens with zero attached hydrogens (tertiary/aromatic N) is 1. The fourth-order valence-electron chi connectivity index (χ4n) is 2.94. The Balaban J connectivity index is 1.67. The molecule has 25 heavy (non-hydrogen) atoms. The lowest BCUT2D eigenvalue weighted by molar-refractivity contribution is -0.136. The lowest BCUT2D eigenvalue weighted by atomic mass is 9.99. The lowest BCUT2D eigenvalue weighted by Crippen LogP contribution is -2.40. The zero-order valence-electron chi connectivity index (χ0n) is 12.8. The van der Waals surface area contributed by atoms with E-state index in [2.05, 4.69) is 5.48 Å². The van der Waals surface area contributed by atoms with Crippen molar-refractivity contribution in [2.75, 3.05) is 4.90 Å². The quantitative estimate of drug-likeness (QED) is 0.816. The van der Waals surface area contributed by atoms with Crippen LogP contribution >= 0.6 is 23.2 Å². The Bertz CT molecular complexity index is 894. The third kappa shape index (κ3) is 2.70. The Hall–Kier alpha value is -2.34. The van der Waals surface area contributed by atoms with Gasteiger partial charge in [-0.05, 0) is 48.0 Å². The minimum atomic E-state index is -1.34. The van der Waals surface area contributed by atoms with Crippen molar-refractivity contribution in [2.45, 2.75) is 12.0 Å². The largest absolute Gasteiger partial charge is 0.274 e. The fraction of sp³-hybridized carbons (Fsp3) is 0.111. The highest BCUT2D eigenvalue weighted by atomic mass is 35.5. The Kier molecular flexibility index (Phi) is 3.80. The first-order valence-corrected chi connectivity index (χ1v) is 8.30. The summed E-state index contributed by atoms with van der Waals surface area (Å²) in [6.07, 6.45) is 1.57. The second-order valence-electron chi connectivity index (χ2n) is 5.85. The molecule has 1 spiro atoms. The number of rotatable bonds is 2. The second-order valence-corrected chi connectivity index (χ2v) is 6.72. The molecule has 2 aliphatic rings. The number of halogens is 2. The molecule has 1 fully saturated rings. The summed E-state index contributed by atoms with van der Waals surface area (Å²) in [6, 6.07) is 13.6. The van der Waals surface area contributed by atoms with Crippen LogP contribution in [-0.4, -0.2) is 17.4 Å². The molecule has 2 amide bonds. The average molecular weight is 375 g/mol. The summed E-state index contributed by atoms with van der Waals surface area (Å²) in [4.78, 5) is 32.0. The van der Waals surface area contributed by atoms with Gasteiger partial charge in [-0.25, -0.2) is 4.90 Å². The molecule has 2 heterocycles. The molecular formula is C18H12Cl2N2O3. The molecule has 1 atom stereocenters. The second kappa shape index (κ2) is 5.88. The molecule has 0 aromatic heterocycles. The zero-order valence-corrected chi connectivity index (χ0v) is 14.3. The first-order chi connectivity index (χ1) is 12.0. The Labute approximate surface area is 153 Å². The molecule has 0 saturated carbocycles. The third-order valence-corrected chi connectivity index (χ3v) is 4.69. The molecule has 0 radical (unpaired) electrons. The van der Waals surface area contributed by atoms with Crippen LogP contribution in [0.1, 0.15) is 12.0 Å². The number of carbonyl (C=O) groups is 2. The molecular weight excluding hydrogens is 363 g/mol. The number of carbonyl (C=O) groups excluding carboxylic acids is 2. The van der Waals surface area contributed by atoms with Gasteiger partial charge in [-0.15, -0.1) is 0 Å². The molecule has 5 nitrogen and oxygen atoms in total. The highest BCUT2D eigenvalue weighted by Gasteiger charge is 2.55. The summed E-state index contributed by atoms with van der Waals surface area (Å²) >= 11 is 11.8. The van der Waals surface area contributed by atoms with E-state index in [0.717, 1.165) is 10.5 Å². The van der Waals surface area contributed by atoms with Crippen LogP contribution in [0, 0.1) is 0 Å². The van der Waals surface area contributed by atoms with Crippen LogP contribution in [-0.2, 0) is 14.4 Å². The monoisotopic (exact) mass is 374 g/mol. The molecule has 0 aliphatic carbocycles. The standard InChI is InChI=1S/C18H12Cl2N2O3/c19-12-3-1-11(2-4-12)15-9-18(25-21-15)10-16(23)22(17(18)24)14-7-5-13(20)6-8-14/h1-9,21H,10H2/t18-/m0/s1. The highest BCUT2D eigenvalue weighted by molar-refractivity contribution is 6.31. The van der Waals surface area contributed by atoms with Crippen LogP contribution < -0.4 is 10.4 Å². The number of hydroxylamine groups is 1. The number of hydrogen-bond donors (Lipinski definition) is 1. The van der Waals surface area contributed by atoms with Crippen molar-refractivity contribution in [1.82, 2.24) is 5.48 Å². The molecule has 2 aromatic rings. The van der Waals surface area contributed by atoms with Crippen LogP contribution in [0.4, 0.5) is 5.69 Å². The van der Waals surface area contributed by atoms with Gasteiger partial charge in [0.05, 0.1) is 17.8 Å². The van der Waals surface area contributed by atoms with Gasteiger partial charge >= 0.3 is 0 Å². The summed E-state index contributed by atoms with van der Waals surface area (Å²) in [6.45, 7) is 0. The van der Waals surface area contributed by atoms with Crippen LogP contribution in [0.15, 0.2) is 54.6 Å². The third-order valence-electron chi connectivity index (χ3n) is 4.19. The van der Waals surface area contributed by atoms with Gasteiger partial charge in [0.15, 0.2) is 0 Å². The van der Waals surface area contributed by atoms with E-state index in [1.165, 1.54) is 0 Å². The average Bonchev–Trinajstić information content (AvgIpc) is 3.12. The highest BCUT2D eigenvalue weighted by Crippen LogP contribution is 2.38. The summed E-state index contributed by atoms with van der Waals surface area (Å²) < 4.78 is 0. The van der Waals surface area contributed by atoms with Crippen molar-refractivity contribution in [2.24, 2.45) is 0 Å². The van der Waals surface area contributed by atoms with Gasteiger partial charge in [0.25, 0.3) is 5.91 Å². The number of hydrogen-bond acceptors (Lipinski definition) is 4. The predicted octanol–water partition coefficient (Wildman–Crippen LogP) is 3.57. The first-order valence-electron chi connectivity index (χ1n) is 7.54. The number of benzene rings is 2. The van der Waals surface area contributed by atoms with E-state index in [9.17, 15) is 9.59 Å². The topological polar surface area (TPSA) is 58.6 Å². The van der Waals surface area contributed by atoms with Gasteiger partial charge < -0.3 is 0 Å². The van der Waals surface area contributed by atoms with Crippen molar-refractivity contribution >= 4 is 46.4 Å². The Morgan fingerprint density at radius 1 is 0.960 bits per heavy atom. The van der Waals surface area contributed by atoms with Crippen LogP contribution in [0.5, 0.6) is 0 Å². The molecule has 0 unspecified atom stereocenters. The van der Waals surface area contributed by atoms with Crippen molar-refractivity contribution in [3.63, 3.8) is 0 Å². The number of anilines is 1. The van der Waals surface area contributed by atoms with Crippen LogP contribution in [0.3, 0.4) is 0 Å². The molecule has 1 N–H and O–H groups in total. The normalized spacial score (nSPS) is 22.5. The van der Waals surface area contributed by atoms with E-state index < -0.39 is 11.5 Å². The molecule has 2 aromatic carbocycles. The van der Waals surface area contributed by atoms with Crippen LogP contribution in [0.2, 0.25) is 10.0 Å². The zero-order chi connectivity index (χ0) is 17.6. The van der Waals surface area contributed by atoms with Gasteiger partial charge in [0.1, 0.15) is 0 Å². The summed E-state index contributed by atoms with van der Waals surface area (Å²) in [5.74, 6) is -0.765. The number of nitrogens with one attached hydrogen (secondary N) is 1. The van der Waals surface area contributed by atoms with E-state index in [1.54, 1.807) is 42.5 Å². The maximum Gasteiger partial charge on any atom is 0.273 e. The van der Waals surface area contributed by atoms with Crippen molar-refractivity contribution in [3.05, 3.63) is 70.2 Å². The maximum absolute atomic E-state index is 12.9. The summed E-state index contributed by atoms with van der Waals surface area (Å²) in [5.41, 5.74) is 3.31. The molecule has 7 heteroatoms. The summed E-state index contributed by atoms with van der Waals surface area (Å²) in [7, 11) is 0. The smallest absolute Gasteiger partial charge is 0.273 e. The molecule has 4 rings (SSSR count). The predicted molar refractivity (Wildman–Crippen MR) is 94.9 cm³/mol. The van der Waals surface area contributed by atoms with E-state index >= 15 is 0 Å². The first kappa shape index (κ1) is 16.1. The van der Waals surface area contributed by atoms with E-state index in [4.69, 9.17) is 28.0 Å². The maximum atomic E-state index is 12.9. The fourth-order valence-corrected chi connectivity index (χ4v) is 3.19. The Morgan fingerprint density at radius 3 is 2.20 bits per heavy atom. The molecule has 126 valence electrons. The van der Waals surface area contributed by atoms with Crippen molar-refractivity contribution < 1.29 is 14.4 Å². The van der Waals surface area contributed by atoms with Crippen LogP contribution in [0.25, 0.3) is 5.70 Å². The van der Waals surface area contributed by atoms with Crippen molar-refractivity contribution in [3.8, 4) is 0 Å². The summed E-state index contributed by atoms with van der Waals surface area (Å²) in [5, 5.41) is 1.14. The molecule has 0 bridgehead atoms. The minimum absolute atomic E-state index is 0.0709. The molecule has 1 saturated heterocycles. The van der Waals surface area contributed by atoms with E-state index in [0.29, 0.717) is 21.4 Å². The lowest BCUT2D eigenvalue weighted by Gasteiger charge is -2.18. The van der Waals surface area contributed by atoms with Crippen molar-refractivity contribution in [1.29, 1.82) is 0 Å². The minimum Gasteiger partial charge on any atom is -0.274 e. The van der Waals surface area contributed by atoms with Gasteiger partial charge in [0.2, 0.25) is 11.5 Å². The Morgan fingerprint density at radius 2 is 1.56 bits per heavy atom. The number of imide groups is 1. The SMILES string of the molecule is O=C1C[C@@]2(C=C(c3ccc(Cl)cc3)NO2)C(=O)N1c1ccc(Cl)cc1. The number of amides is 2. The van der Waals surface area contributed by atoms with Gasteiger partial charge in [0, 0.05) is 10.0 Å². The van der Waals surface area contributed by atoms with E-state index in [-0.39, 0.29) is 12.3 Å². The van der Waals surface area contributed by atoms with Gasteiger partial charge in [-0.2, -0.15) is 0 Å². The van der Waals surface area contributed by atoms with E-state index in [1.807, 2.05) is 12.1 Å². The van der Waals surface area contributed by atoms with Gasteiger partial charge in [-0.1, -0.05) is 35.3 Å². The molecule has 2 aliphatic heterocycles. The van der Waals surface area contributed by atoms with Gasteiger partial charge in [-0.3, -0.25) is 19.9 Å².